The normalized spacial score (nSPS) is 11.7. The van der Waals surface area contributed by atoms with Crippen molar-refractivity contribution < 1.29 is 19.8 Å². The quantitative estimate of drug-likeness (QED) is 0.665. The van der Waals surface area contributed by atoms with Gasteiger partial charge in [0.15, 0.2) is 0 Å². The maximum Gasteiger partial charge on any atom is 0.336 e. The second kappa shape index (κ2) is 6.05. The minimum absolute atomic E-state index is 0.0877. The van der Waals surface area contributed by atoms with Crippen LogP contribution >= 0.6 is 0 Å². The van der Waals surface area contributed by atoms with Crippen molar-refractivity contribution in [1.29, 1.82) is 0 Å². The Balaban J connectivity index is 2.70. The van der Waals surface area contributed by atoms with E-state index in [0.29, 0.717) is 16.7 Å². The van der Waals surface area contributed by atoms with Crippen molar-refractivity contribution in [1.82, 2.24) is 0 Å². The number of benzene rings is 2. The number of hydrogen-bond acceptors (Lipinski definition) is 2. The van der Waals surface area contributed by atoms with Crippen LogP contribution in [0.4, 0.5) is 0 Å². The summed E-state index contributed by atoms with van der Waals surface area (Å²) in [6.07, 6.45) is 0. The monoisotopic (exact) mass is 282 g/mol. The average Bonchev–Trinajstić information content (AvgIpc) is 2.48. The standard InChI is InChI=1S/C17H14O4/c1-11(13-9-5-6-10-14(13)16(18)19)15(17(20)21)12-7-3-2-4-8-12/h2-10H,1H3,(H,18,19)(H,20,21). The first-order chi connectivity index (χ1) is 10.0. The van der Waals surface area contributed by atoms with Crippen LogP contribution in [0.25, 0.3) is 11.1 Å². The van der Waals surface area contributed by atoms with E-state index < -0.39 is 11.9 Å². The third kappa shape index (κ3) is 3.00. The molecule has 2 N–H and O–H groups in total. The molecule has 0 unspecified atom stereocenters. The third-order valence-corrected chi connectivity index (χ3v) is 3.21. The van der Waals surface area contributed by atoms with E-state index in [1.807, 2.05) is 0 Å². The first kappa shape index (κ1) is 14.5. The summed E-state index contributed by atoms with van der Waals surface area (Å²) in [4.78, 5) is 22.9. The predicted octanol–water partition coefficient (Wildman–Crippen LogP) is 3.40. The molecule has 2 rings (SSSR count). The van der Waals surface area contributed by atoms with Gasteiger partial charge in [0, 0.05) is 0 Å². The summed E-state index contributed by atoms with van der Waals surface area (Å²) < 4.78 is 0. The lowest BCUT2D eigenvalue weighted by molar-refractivity contribution is -0.130. The lowest BCUT2D eigenvalue weighted by atomic mass is 9.93. The van der Waals surface area contributed by atoms with Crippen molar-refractivity contribution in [2.24, 2.45) is 0 Å². The highest BCUT2D eigenvalue weighted by atomic mass is 16.4. The molecule has 0 radical (unpaired) electrons. The van der Waals surface area contributed by atoms with Gasteiger partial charge in [-0.25, -0.2) is 9.59 Å². The van der Waals surface area contributed by atoms with E-state index in [-0.39, 0.29) is 11.1 Å². The third-order valence-electron chi connectivity index (χ3n) is 3.21. The van der Waals surface area contributed by atoms with Crippen molar-refractivity contribution in [2.45, 2.75) is 6.92 Å². The SMILES string of the molecule is CC(=C(C(=O)O)c1ccccc1)c1ccccc1C(=O)O. The number of aliphatic carboxylic acids is 1. The number of allylic oxidation sites excluding steroid dienone is 1. The van der Waals surface area contributed by atoms with Crippen molar-refractivity contribution in [3.8, 4) is 0 Å². The summed E-state index contributed by atoms with van der Waals surface area (Å²) in [5, 5.41) is 18.7. The molecule has 0 amide bonds. The maximum atomic E-state index is 11.6. The molecule has 0 aliphatic carbocycles. The van der Waals surface area contributed by atoms with Gasteiger partial charge < -0.3 is 10.2 Å². The number of carboxylic acids is 2. The largest absolute Gasteiger partial charge is 0.478 e. The molecule has 2 aromatic rings. The van der Waals surface area contributed by atoms with Crippen LogP contribution in [0.2, 0.25) is 0 Å². The summed E-state index contributed by atoms with van der Waals surface area (Å²) in [6, 6.07) is 15.1. The summed E-state index contributed by atoms with van der Waals surface area (Å²) >= 11 is 0. The van der Waals surface area contributed by atoms with Crippen molar-refractivity contribution in [3.63, 3.8) is 0 Å². The number of aromatic carboxylic acids is 1. The molecule has 0 spiro atoms. The first-order valence-electron chi connectivity index (χ1n) is 6.34. The van der Waals surface area contributed by atoms with Crippen LogP contribution in [0, 0.1) is 0 Å². The van der Waals surface area contributed by atoms with Crippen LogP contribution in [0.1, 0.15) is 28.4 Å². The highest BCUT2D eigenvalue weighted by Gasteiger charge is 2.18. The number of carbonyl (C=O) groups is 2. The first-order valence-corrected chi connectivity index (χ1v) is 6.34. The summed E-state index contributed by atoms with van der Waals surface area (Å²) in [5.41, 5.74) is 1.56. The van der Waals surface area contributed by atoms with Crippen molar-refractivity contribution in [2.75, 3.05) is 0 Å². The van der Waals surface area contributed by atoms with Gasteiger partial charge in [0.1, 0.15) is 0 Å². The minimum Gasteiger partial charge on any atom is -0.478 e. The van der Waals surface area contributed by atoms with E-state index in [1.54, 1.807) is 55.5 Å². The van der Waals surface area contributed by atoms with Crippen molar-refractivity contribution >= 4 is 23.1 Å². The van der Waals surface area contributed by atoms with Crippen LogP contribution in [0.3, 0.4) is 0 Å². The molecule has 0 bridgehead atoms. The molecule has 0 saturated heterocycles. The van der Waals surface area contributed by atoms with Gasteiger partial charge >= 0.3 is 11.9 Å². The van der Waals surface area contributed by atoms with E-state index >= 15 is 0 Å². The highest BCUT2D eigenvalue weighted by molar-refractivity contribution is 6.24. The zero-order valence-corrected chi connectivity index (χ0v) is 11.4. The Morgan fingerprint density at radius 2 is 1.33 bits per heavy atom. The van der Waals surface area contributed by atoms with Crippen LogP contribution in [0.5, 0.6) is 0 Å². The predicted molar refractivity (Wildman–Crippen MR) is 80.0 cm³/mol. The lowest BCUT2D eigenvalue weighted by Crippen LogP contribution is -2.06. The molecule has 0 fully saturated rings. The Kier molecular flexibility index (Phi) is 4.18. The maximum absolute atomic E-state index is 11.6. The highest BCUT2D eigenvalue weighted by Crippen LogP contribution is 2.28. The molecule has 0 aliphatic rings. The average molecular weight is 282 g/mol. The van der Waals surface area contributed by atoms with Gasteiger partial charge in [0.2, 0.25) is 0 Å². The fourth-order valence-corrected chi connectivity index (χ4v) is 2.24. The molecule has 0 aromatic heterocycles. The second-order valence-electron chi connectivity index (χ2n) is 4.52. The Bertz CT molecular complexity index is 715. The number of rotatable bonds is 4. The Morgan fingerprint density at radius 1 is 0.810 bits per heavy atom. The lowest BCUT2D eigenvalue weighted by Gasteiger charge is -2.11. The zero-order chi connectivity index (χ0) is 15.4. The molecule has 2 aromatic carbocycles. The van der Waals surface area contributed by atoms with Gasteiger partial charge in [-0.2, -0.15) is 0 Å². The molecule has 4 heteroatoms. The Morgan fingerprint density at radius 3 is 1.86 bits per heavy atom. The summed E-state index contributed by atoms with van der Waals surface area (Å²) in [7, 11) is 0. The zero-order valence-electron chi connectivity index (χ0n) is 11.4. The van der Waals surface area contributed by atoms with E-state index in [0.717, 1.165) is 0 Å². The summed E-state index contributed by atoms with van der Waals surface area (Å²) in [5.74, 6) is -2.17. The van der Waals surface area contributed by atoms with E-state index in [9.17, 15) is 19.8 Å². The van der Waals surface area contributed by atoms with Crippen molar-refractivity contribution in [3.05, 3.63) is 71.3 Å². The smallest absolute Gasteiger partial charge is 0.336 e. The van der Waals surface area contributed by atoms with Crippen LogP contribution in [0.15, 0.2) is 54.6 Å². The second-order valence-corrected chi connectivity index (χ2v) is 4.52. The molecule has 0 aliphatic heterocycles. The van der Waals surface area contributed by atoms with E-state index in [2.05, 4.69) is 0 Å². The Hall–Kier alpha value is -2.88. The van der Waals surface area contributed by atoms with Crippen LogP contribution in [-0.2, 0) is 4.79 Å². The minimum atomic E-state index is -1.08. The molecular formula is C17H14O4. The number of hydrogen-bond donors (Lipinski definition) is 2. The van der Waals surface area contributed by atoms with E-state index in [1.165, 1.54) is 6.07 Å². The molecule has 106 valence electrons. The van der Waals surface area contributed by atoms with Gasteiger partial charge in [-0.15, -0.1) is 0 Å². The summed E-state index contributed by atoms with van der Waals surface area (Å²) in [6.45, 7) is 1.62. The van der Waals surface area contributed by atoms with Crippen LogP contribution in [-0.4, -0.2) is 22.2 Å². The van der Waals surface area contributed by atoms with Gasteiger partial charge in [-0.1, -0.05) is 48.5 Å². The van der Waals surface area contributed by atoms with Gasteiger partial charge in [-0.3, -0.25) is 0 Å². The van der Waals surface area contributed by atoms with Gasteiger partial charge in [0.25, 0.3) is 0 Å². The van der Waals surface area contributed by atoms with Crippen LogP contribution < -0.4 is 0 Å². The molecule has 21 heavy (non-hydrogen) atoms. The molecule has 4 nitrogen and oxygen atoms in total. The molecule has 0 atom stereocenters. The fourth-order valence-electron chi connectivity index (χ4n) is 2.24. The molecule has 0 saturated carbocycles. The van der Waals surface area contributed by atoms with Gasteiger partial charge in [0.05, 0.1) is 11.1 Å². The number of carboxylic acid groups (broad SMARTS) is 2. The van der Waals surface area contributed by atoms with Gasteiger partial charge in [-0.05, 0) is 29.7 Å². The van der Waals surface area contributed by atoms with E-state index in [4.69, 9.17) is 0 Å². The molecule has 0 heterocycles. The molecular weight excluding hydrogens is 268 g/mol. The Labute approximate surface area is 122 Å². The fraction of sp³-hybridized carbons (Fsp3) is 0.0588. The topological polar surface area (TPSA) is 74.6 Å².